The Morgan fingerprint density at radius 3 is 2.26 bits per heavy atom. The number of hydrogen-bond donors (Lipinski definition) is 0. The van der Waals surface area contributed by atoms with Gasteiger partial charge in [0.2, 0.25) is 10.0 Å². The van der Waals surface area contributed by atoms with Crippen LogP contribution in [-0.2, 0) is 19.6 Å². The van der Waals surface area contributed by atoms with E-state index < -0.39 is 27.9 Å². The zero-order valence-electron chi connectivity index (χ0n) is 14.7. The highest BCUT2D eigenvalue weighted by atomic mass is 32.2. The number of esters is 1. The van der Waals surface area contributed by atoms with Crippen molar-refractivity contribution in [1.29, 1.82) is 0 Å². The van der Waals surface area contributed by atoms with Crippen molar-refractivity contribution in [2.75, 3.05) is 6.54 Å². The predicted molar refractivity (Wildman–Crippen MR) is 98.6 cm³/mol. The van der Waals surface area contributed by atoms with Crippen LogP contribution in [0.25, 0.3) is 0 Å². The van der Waals surface area contributed by atoms with E-state index in [-0.39, 0.29) is 22.8 Å². The van der Waals surface area contributed by atoms with Crippen molar-refractivity contribution in [1.82, 2.24) is 4.31 Å². The van der Waals surface area contributed by atoms with Gasteiger partial charge in [-0.25, -0.2) is 17.6 Å². The molecule has 0 saturated carbocycles. The Hall–Kier alpha value is -2.77. The van der Waals surface area contributed by atoms with Crippen molar-refractivity contribution in [3.63, 3.8) is 0 Å². The van der Waals surface area contributed by atoms with Gasteiger partial charge in [0.25, 0.3) is 0 Å². The van der Waals surface area contributed by atoms with Gasteiger partial charge in [0.15, 0.2) is 0 Å². The molecule has 7 heteroatoms. The van der Waals surface area contributed by atoms with Crippen LogP contribution in [0.1, 0.15) is 17.2 Å². The maximum atomic E-state index is 13.3. The van der Waals surface area contributed by atoms with E-state index in [0.29, 0.717) is 5.56 Å². The number of carbonyl (C=O) groups is 1. The first-order valence-electron chi connectivity index (χ1n) is 8.13. The van der Waals surface area contributed by atoms with Crippen molar-refractivity contribution in [2.45, 2.75) is 17.9 Å². The standard InChI is InChI=1S/C20H18FNO4S/c1-13-4-10-18(11-5-13)27(24,25)22-12-14(2)26-20(23)15(3)19(22)16-6-8-17(21)9-7-16/h4-11,19H,2-3,12H2,1H3/t19-/m1/s1. The highest BCUT2D eigenvalue weighted by molar-refractivity contribution is 7.89. The molecule has 140 valence electrons. The number of carbonyl (C=O) groups excluding carboxylic acids is 1. The minimum absolute atomic E-state index is 0.0125. The molecule has 1 atom stereocenters. The summed E-state index contributed by atoms with van der Waals surface area (Å²) >= 11 is 0. The lowest BCUT2D eigenvalue weighted by molar-refractivity contribution is -0.134. The minimum atomic E-state index is -4.01. The average Bonchev–Trinajstić information content (AvgIpc) is 2.73. The van der Waals surface area contributed by atoms with Gasteiger partial charge < -0.3 is 4.74 Å². The fourth-order valence-electron chi connectivity index (χ4n) is 2.86. The molecule has 1 aliphatic rings. The monoisotopic (exact) mass is 387 g/mol. The van der Waals surface area contributed by atoms with E-state index in [4.69, 9.17) is 4.74 Å². The van der Waals surface area contributed by atoms with Crippen molar-refractivity contribution >= 4 is 16.0 Å². The van der Waals surface area contributed by atoms with E-state index in [0.717, 1.165) is 9.87 Å². The van der Waals surface area contributed by atoms with Crippen LogP contribution >= 0.6 is 0 Å². The van der Waals surface area contributed by atoms with Crippen molar-refractivity contribution in [3.05, 3.63) is 90.0 Å². The van der Waals surface area contributed by atoms with E-state index in [2.05, 4.69) is 13.2 Å². The quantitative estimate of drug-likeness (QED) is 0.597. The fraction of sp³-hybridized carbons (Fsp3) is 0.150. The minimum Gasteiger partial charge on any atom is -0.427 e. The lowest BCUT2D eigenvalue weighted by atomic mass is 10.00. The summed E-state index contributed by atoms with van der Waals surface area (Å²) in [5, 5.41) is 0. The maximum Gasteiger partial charge on any atom is 0.340 e. The molecule has 1 aliphatic heterocycles. The molecule has 2 aromatic carbocycles. The maximum absolute atomic E-state index is 13.3. The van der Waals surface area contributed by atoms with Gasteiger partial charge in [-0.15, -0.1) is 0 Å². The zero-order chi connectivity index (χ0) is 19.8. The number of nitrogens with zero attached hydrogens (tertiary/aromatic N) is 1. The van der Waals surface area contributed by atoms with Gasteiger partial charge in [0, 0.05) is 0 Å². The summed E-state index contributed by atoms with van der Waals surface area (Å²) in [6.07, 6.45) is 0. The van der Waals surface area contributed by atoms with Gasteiger partial charge in [-0.05, 0) is 36.8 Å². The van der Waals surface area contributed by atoms with Gasteiger partial charge in [0.1, 0.15) is 11.6 Å². The summed E-state index contributed by atoms with van der Waals surface area (Å²) in [5.74, 6) is -1.25. The third-order valence-corrected chi connectivity index (χ3v) is 6.09. The third kappa shape index (κ3) is 3.70. The highest BCUT2D eigenvalue weighted by Gasteiger charge is 2.40. The molecule has 0 radical (unpaired) electrons. The summed E-state index contributed by atoms with van der Waals surface area (Å²) in [4.78, 5) is 12.3. The van der Waals surface area contributed by atoms with Crippen LogP contribution in [0.2, 0.25) is 0 Å². The Kier molecular flexibility index (Phi) is 4.99. The Labute approximate surface area is 157 Å². The average molecular weight is 387 g/mol. The van der Waals surface area contributed by atoms with Crippen molar-refractivity contribution in [2.24, 2.45) is 0 Å². The van der Waals surface area contributed by atoms with Gasteiger partial charge in [-0.2, -0.15) is 4.31 Å². The van der Waals surface area contributed by atoms with Crippen LogP contribution < -0.4 is 0 Å². The normalized spacial score (nSPS) is 18.9. The Bertz CT molecular complexity index is 1010. The molecular formula is C20H18FNO4S. The second-order valence-corrected chi connectivity index (χ2v) is 8.16. The molecule has 0 bridgehead atoms. The number of benzene rings is 2. The van der Waals surface area contributed by atoms with Crippen LogP contribution in [0.5, 0.6) is 0 Å². The van der Waals surface area contributed by atoms with E-state index in [1.807, 2.05) is 6.92 Å². The van der Waals surface area contributed by atoms with Crippen LogP contribution in [-0.4, -0.2) is 25.2 Å². The lowest BCUT2D eigenvalue weighted by Crippen LogP contribution is -2.36. The molecule has 3 rings (SSSR count). The van der Waals surface area contributed by atoms with Crippen molar-refractivity contribution in [3.8, 4) is 0 Å². The Balaban J connectivity index is 2.16. The summed E-state index contributed by atoms with van der Waals surface area (Å²) in [7, 11) is -4.01. The molecule has 0 aliphatic carbocycles. The number of ether oxygens (including phenoxy) is 1. The van der Waals surface area contributed by atoms with Gasteiger partial charge in [-0.1, -0.05) is 43.0 Å². The second kappa shape index (κ2) is 7.09. The van der Waals surface area contributed by atoms with Gasteiger partial charge >= 0.3 is 5.97 Å². The molecular weight excluding hydrogens is 369 g/mol. The molecule has 0 aromatic heterocycles. The van der Waals surface area contributed by atoms with E-state index >= 15 is 0 Å². The second-order valence-electron chi connectivity index (χ2n) is 6.27. The van der Waals surface area contributed by atoms with E-state index in [1.54, 1.807) is 12.1 Å². The molecule has 0 unspecified atom stereocenters. The van der Waals surface area contributed by atoms with Crippen LogP contribution in [0.3, 0.4) is 0 Å². The predicted octanol–water partition coefficient (Wildman–Crippen LogP) is 3.49. The molecule has 1 heterocycles. The number of halogens is 1. The molecule has 0 spiro atoms. The summed E-state index contributed by atoms with van der Waals surface area (Å²) in [5.41, 5.74) is 1.24. The zero-order valence-corrected chi connectivity index (χ0v) is 15.5. The Morgan fingerprint density at radius 2 is 1.67 bits per heavy atom. The van der Waals surface area contributed by atoms with Crippen molar-refractivity contribution < 1.29 is 22.3 Å². The number of aryl methyl sites for hydroxylation is 1. The van der Waals surface area contributed by atoms with Crippen LogP contribution in [0, 0.1) is 12.7 Å². The van der Waals surface area contributed by atoms with Crippen LogP contribution in [0.4, 0.5) is 4.39 Å². The molecule has 1 saturated heterocycles. The first-order chi connectivity index (χ1) is 12.7. The van der Waals surface area contributed by atoms with Gasteiger partial charge in [-0.3, -0.25) is 0 Å². The summed E-state index contributed by atoms with van der Waals surface area (Å²) in [6.45, 7) is 8.96. The summed E-state index contributed by atoms with van der Waals surface area (Å²) < 4.78 is 46.1. The van der Waals surface area contributed by atoms with Crippen LogP contribution in [0.15, 0.2) is 77.9 Å². The van der Waals surface area contributed by atoms with E-state index in [1.165, 1.54) is 36.4 Å². The molecule has 27 heavy (non-hydrogen) atoms. The molecule has 0 N–H and O–H groups in total. The largest absolute Gasteiger partial charge is 0.427 e. The summed E-state index contributed by atoms with van der Waals surface area (Å²) in [6, 6.07) is 10.6. The third-order valence-electron chi connectivity index (χ3n) is 4.26. The topological polar surface area (TPSA) is 63.7 Å². The molecule has 0 amide bonds. The molecule has 1 fully saturated rings. The van der Waals surface area contributed by atoms with Gasteiger partial charge in [0.05, 0.1) is 23.1 Å². The number of hydrogen-bond acceptors (Lipinski definition) is 4. The first-order valence-corrected chi connectivity index (χ1v) is 9.57. The SMILES string of the molecule is C=C1CN(S(=O)(=O)c2ccc(C)cc2)[C@@H](c2ccc(F)cc2)C(=C)C(=O)O1. The highest BCUT2D eigenvalue weighted by Crippen LogP contribution is 2.36. The Morgan fingerprint density at radius 1 is 1.07 bits per heavy atom. The number of cyclic esters (lactones) is 1. The number of rotatable bonds is 3. The first kappa shape index (κ1) is 19.0. The molecule has 2 aromatic rings. The van der Waals surface area contributed by atoms with E-state index in [9.17, 15) is 17.6 Å². The number of sulfonamides is 1. The smallest absolute Gasteiger partial charge is 0.340 e. The molecule has 5 nitrogen and oxygen atoms in total. The fourth-order valence-corrected chi connectivity index (χ4v) is 4.45. The lowest BCUT2D eigenvalue weighted by Gasteiger charge is -2.29.